The summed E-state index contributed by atoms with van der Waals surface area (Å²) < 4.78 is 43.1. The molecular formula is C67H86O17. The number of phenols is 2. The molecule has 0 atom stereocenters. The normalized spacial score (nSPS) is 9.98. The molecule has 0 heterocycles. The highest BCUT2D eigenvalue weighted by Gasteiger charge is 2.14. The zero-order valence-electron chi connectivity index (χ0n) is 47.2. The van der Waals surface area contributed by atoms with Crippen LogP contribution in [0.5, 0.6) is 40.2 Å². The zero-order valence-corrected chi connectivity index (χ0v) is 47.2. The number of phenolic OH excluding ortho intramolecular Hbond substituents is 2. The van der Waals surface area contributed by atoms with Gasteiger partial charge in [0.15, 0.2) is 0 Å². The van der Waals surface area contributed by atoms with E-state index < -0.39 is 29.8 Å². The fourth-order valence-corrected chi connectivity index (χ4v) is 7.30. The Morgan fingerprint density at radius 2 is 0.726 bits per heavy atom. The van der Waals surface area contributed by atoms with Crippen molar-refractivity contribution in [2.45, 2.75) is 125 Å². The Morgan fingerprint density at radius 3 is 1.06 bits per heavy atom. The monoisotopic (exact) mass is 1160 g/mol. The number of aryl methyl sites for hydroxylation is 2. The Kier molecular flexibility index (Phi) is 38.2. The van der Waals surface area contributed by atoms with Gasteiger partial charge in [0.1, 0.15) is 40.2 Å². The first-order valence-corrected chi connectivity index (χ1v) is 27.4. The van der Waals surface area contributed by atoms with Crippen LogP contribution in [0.15, 0.2) is 147 Å². The number of benzene rings is 5. The van der Waals surface area contributed by atoms with Crippen LogP contribution in [0.2, 0.25) is 0 Å². The van der Waals surface area contributed by atoms with Gasteiger partial charge in [0, 0.05) is 18.2 Å². The van der Waals surface area contributed by atoms with Crippen LogP contribution in [0.4, 0.5) is 0 Å². The van der Waals surface area contributed by atoms with Crippen molar-refractivity contribution in [3.8, 4) is 40.2 Å². The van der Waals surface area contributed by atoms with Gasteiger partial charge in [-0.3, -0.25) is 0 Å². The molecule has 5 aromatic rings. The number of hydrogen-bond acceptors (Lipinski definition) is 16. The maximum Gasteiger partial charge on any atom is 0.343 e. The lowest BCUT2D eigenvalue weighted by atomic mass is 10.1. The lowest BCUT2D eigenvalue weighted by molar-refractivity contribution is -0.138. The molecule has 0 amide bonds. The van der Waals surface area contributed by atoms with E-state index in [4.69, 9.17) is 53.2 Å². The molecule has 0 spiro atoms. The molecule has 0 fully saturated rings. The molecule has 5 rings (SSSR count). The average molecular weight is 1160 g/mol. The molecule has 0 aromatic heterocycles. The number of carbonyl (C=O) groups excluding carboxylic acids is 5. The predicted molar refractivity (Wildman–Crippen MR) is 325 cm³/mol. The van der Waals surface area contributed by atoms with E-state index in [1.165, 1.54) is 36.4 Å². The second-order valence-electron chi connectivity index (χ2n) is 18.5. The zero-order chi connectivity index (χ0) is 59.7. The van der Waals surface area contributed by atoms with E-state index in [1.807, 2.05) is 0 Å². The molecule has 5 aromatic carbocycles. The number of hydrogen-bond donors (Lipinski definition) is 3. The second-order valence-corrected chi connectivity index (χ2v) is 18.5. The molecule has 0 bridgehead atoms. The molecule has 3 N–H and O–H groups in total. The minimum atomic E-state index is -0.940. The first-order chi connectivity index (χ1) is 39.6. The molecule has 17 nitrogen and oxygen atoms in total. The maximum atomic E-state index is 12.8. The Bertz CT molecular complexity index is 2750. The standard InChI is InChI=1S/C41H48O10.C17H22O5.C7H8O2.2CH4/c1-4-38(42)48-28-14-10-6-8-12-26-46-34-20-16-32(17-21-34)40(44)50-36-24-25-37(31(3)30-36)51-41(45)33-18-22-35(23-19-33)47-27-13-9-7-11-15-29-49-39(43)5-2;1-2-16(18)22-13-7-5-3-4-6-12-21-15-10-8-14(9-11-15)17(19)20;1-5-4-6(8)2-3-7(5)9;;/h4-5,16-25,30H,1-2,6-15,26-29H2,3H3;2,8-11H,1,3-7,12-13H2,(H,19,20);2-4,8-9H,1H3;2*1H4. The van der Waals surface area contributed by atoms with Crippen molar-refractivity contribution in [1.82, 2.24) is 0 Å². The third-order valence-electron chi connectivity index (χ3n) is 11.9. The molecule has 0 saturated carbocycles. The number of esters is 5. The minimum Gasteiger partial charge on any atom is -0.508 e. The summed E-state index contributed by atoms with van der Waals surface area (Å²) in [5.74, 6) is -0.0338. The molecule has 456 valence electrons. The summed E-state index contributed by atoms with van der Waals surface area (Å²) in [5, 5.41) is 26.5. The number of aromatic hydroxyl groups is 2. The van der Waals surface area contributed by atoms with Gasteiger partial charge >= 0.3 is 35.8 Å². The number of carbonyl (C=O) groups is 6. The first-order valence-electron chi connectivity index (χ1n) is 27.4. The lowest BCUT2D eigenvalue weighted by Gasteiger charge is -2.11. The molecule has 0 aliphatic rings. The van der Waals surface area contributed by atoms with Gasteiger partial charge in [-0.15, -0.1) is 0 Å². The predicted octanol–water partition coefficient (Wildman–Crippen LogP) is 14.7. The number of aromatic carboxylic acids is 1. The van der Waals surface area contributed by atoms with Gasteiger partial charge in [0.05, 0.1) is 56.3 Å². The van der Waals surface area contributed by atoms with E-state index in [2.05, 4.69) is 19.7 Å². The van der Waals surface area contributed by atoms with Crippen molar-refractivity contribution >= 4 is 35.8 Å². The smallest absolute Gasteiger partial charge is 0.343 e. The summed E-state index contributed by atoms with van der Waals surface area (Å²) in [6.45, 7) is 16.6. The second kappa shape index (κ2) is 43.8. The van der Waals surface area contributed by atoms with Gasteiger partial charge in [-0.2, -0.15) is 0 Å². The van der Waals surface area contributed by atoms with Gasteiger partial charge in [0.25, 0.3) is 0 Å². The van der Waals surface area contributed by atoms with Crippen molar-refractivity contribution in [3.63, 3.8) is 0 Å². The van der Waals surface area contributed by atoms with E-state index >= 15 is 0 Å². The van der Waals surface area contributed by atoms with Crippen LogP contribution >= 0.6 is 0 Å². The van der Waals surface area contributed by atoms with E-state index in [-0.39, 0.29) is 37.9 Å². The number of unbranched alkanes of at least 4 members (excludes halogenated alkanes) is 12. The summed E-state index contributed by atoms with van der Waals surface area (Å²) in [7, 11) is 0. The number of rotatable bonds is 35. The van der Waals surface area contributed by atoms with Crippen LogP contribution in [0.25, 0.3) is 0 Å². The van der Waals surface area contributed by atoms with Gasteiger partial charge < -0.3 is 53.2 Å². The number of carboxylic acid groups (broad SMARTS) is 1. The largest absolute Gasteiger partial charge is 0.508 e. The Labute approximate surface area is 495 Å². The molecular weight excluding hydrogens is 1080 g/mol. The topological polar surface area (TPSA) is 237 Å². The summed E-state index contributed by atoms with van der Waals surface area (Å²) in [6.07, 6.45) is 17.9. The van der Waals surface area contributed by atoms with Gasteiger partial charge in [-0.05, 0) is 173 Å². The van der Waals surface area contributed by atoms with Crippen molar-refractivity contribution < 1.29 is 82.0 Å². The van der Waals surface area contributed by atoms with E-state index in [9.17, 15) is 28.8 Å². The van der Waals surface area contributed by atoms with Crippen LogP contribution in [0.3, 0.4) is 0 Å². The third-order valence-corrected chi connectivity index (χ3v) is 11.9. The van der Waals surface area contributed by atoms with Crippen molar-refractivity contribution in [2.75, 3.05) is 39.6 Å². The van der Waals surface area contributed by atoms with E-state index in [0.29, 0.717) is 90.6 Å². The highest BCUT2D eigenvalue weighted by atomic mass is 16.6. The van der Waals surface area contributed by atoms with Crippen molar-refractivity contribution in [2.24, 2.45) is 0 Å². The van der Waals surface area contributed by atoms with Crippen molar-refractivity contribution in [3.05, 3.63) is 175 Å². The summed E-state index contributed by atoms with van der Waals surface area (Å²) in [4.78, 5) is 69.0. The summed E-state index contributed by atoms with van der Waals surface area (Å²) in [5.41, 5.74) is 2.33. The lowest BCUT2D eigenvalue weighted by Crippen LogP contribution is -2.10. The Hall–Kier alpha value is -8.86. The molecule has 0 unspecified atom stereocenters. The van der Waals surface area contributed by atoms with Crippen molar-refractivity contribution in [1.29, 1.82) is 0 Å². The molecule has 0 radical (unpaired) electrons. The Morgan fingerprint density at radius 1 is 0.393 bits per heavy atom. The third kappa shape index (κ3) is 32.0. The van der Waals surface area contributed by atoms with Crippen LogP contribution in [0, 0.1) is 13.8 Å². The van der Waals surface area contributed by atoms with Gasteiger partial charge in [-0.25, -0.2) is 28.8 Å². The Balaban J connectivity index is 0.000000874. The van der Waals surface area contributed by atoms with Crippen LogP contribution in [-0.4, -0.2) is 90.8 Å². The summed E-state index contributed by atoms with van der Waals surface area (Å²) in [6, 6.07) is 29.2. The van der Waals surface area contributed by atoms with E-state index in [0.717, 1.165) is 108 Å². The highest BCUT2D eigenvalue weighted by molar-refractivity contribution is 5.92. The van der Waals surface area contributed by atoms with Gasteiger partial charge in [-0.1, -0.05) is 92.4 Å². The minimum absolute atomic E-state index is 0. The molecule has 0 aliphatic heterocycles. The highest BCUT2D eigenvalue weighted by Crippen LogP contribution is 2.26. The van der Waals surface area contributed by atoms with Gasteiger partial charge in [0.2, 0.25) is 0 Å². The molecule has 0 saturated heterocycles. The molecule has 0 aliphatic carbocycles. The number of ether oxygens (including phenoxy) is 8. The van der Waals surface area contributed by atoms with Crippen LogP contribution in [0.1, 0.15) is 153 Å². The van der Waals surface area contributed by atoms with Crippen LogP contribution < -0.4 is 23.7 Å². The first kappa shape index (κ1) is 73.2. The fraction of sp³-hybridized carbons (Fsp3) is 0.373. The number of carboxylic acids is 1. The maximum absolute atomic E-state index is 12.8. The quantitative estimate of drug-likeness (QED) is 0.00854. The summed E-state index contributed by atoms with van der Waals surface area (Å²) >= 11 is 0. The fourth-order valence-electron chi connectivity index (χ4n) is 7.30. The molecule has 84 heavy (non-hydrogen) atoms. The average Bonchev–Trinajstić information content (AvgIpc) is 3.63. The SMILES string of the molecule is C.C.C=CC(=O)OCCCCCCCOc1ccc(C(=O)O)cc1.C=CC(=O)OCCCCCCCOc1ccc(C(=O)Oc2ccc(OC(=O)c3ccc(OCCCCCCCOC(=O)C=C)cc3)c(C)c2)cc1.Cc1cc(O)ccc1O. The molecule has 17 heteroatoms. The van der Waals surface area contributed by atoms with E-state index in [1.54, 1.807) is 92.7 Å². The van der Waals surface area contributed by atoms with Crippen LogP contribution in [-0.2, 0) is 28.6 Å².